The van der Waals surface area contributed by atoms with Gasteiger partial charge >= 0.3 is 0 Å². The fourth-order valence-corrected chi connectivity index (χ4v) is 3.23. The lowest BCUT2D eigenvalue weighted by Gasteiger charge is -2.37. The summed E-state index contributed by atoms with van der Waals surface area (Å²) in [6, 6.07) is 7.74. The molecule has 0 amide bonds. The van der Waals surface area contributed by atoms with Crippen molar-refractivity contribution in [1.82, 2.24) is 4.90 Å². The van der Waals surface area contributed by atoms with Gasteiger partial charge in [0.1, 0.15) is 0 Å². The third-order valence-electron chi connectivity index (χ3n) is 4.86. The van der Waals surface area contributed by atoms with E-state index in [1.54, 1.807) is 0 Å². The van der Waals surface area contributed by atoms with Gasteiger partial charge in [0.2, 0.25) is 0 Å². The van der Waals surface area contributed by atoms with Gasteiger partial charge in [-0.3, -0.25) is 0 Å². The first kappa shape index (κ1) is 16.3. The molecule has 1 aromatic carbocycles. The van der Waals surface area contributed by atoms with Crippen molar-refractivity contribution in [2.45, 2.75) is 51.6 Å². The van der Waals surface area contributed by atoms with Crippen molar-refractivity contribution >= 4 is 5.69 Å². The molecule has 1 aliphatic rings. The van der Waals surface area contributed by atoms with Gasteiger partial charge in [0.15, 0.2) is 0 Å². The zero-order valence-electron chi connectivity index (χ0n) is 14.1. The highest BCUT2D eigenvalue weighted by Gasteiger charge is 2.22. The number of nitrogens with zero attached hydrogens (tertiary/aromatic N) is 2. The molecule has 0 bridgehead atoms. The van der Waals surface area contributed by atoms with E-state index in [4.69, 9.17) is 5.73 Å². The Bertz CT molecular complexity index is 450. The lowest BCUT2D eigenvalue weighted by molar-refractivity contribution is 0.252. The number of anilines is 1. The van der Waals surface area contributed by atoms with Gasteiger partial charge < -0.3 is 15.5 Å². The summed E-state index contributed by atoms with van der Waals surface area (Å²) in [6.07, 6.45) is 4.51. The summed E-state index contributed by atoms with van der Waals surface area (Å²) < 4.78 is 0. The zero-order chi connectivity index (χ0) is 15.4. The fourth-order valence-electron chi connectivity index (χ4n) is 3.23. The second-order valence-electron chi connectivity index (χ2n) is 6.65. The van der Waals surface area contributed by atoms with Crippen molar-refractivity contribution in [3.05, 3.63) is 29.3 Å². The van der Waals surface area contributed by atoms with Crippen molar-refractivity contribution in [2.75, 3.05) is 32.1 Å². The predicted molar refractivity (Wildman–Crippen MR) is 92.1 cm³/mol. The Hall–Kier alpha value is -1.06. The summed E-state index contributed by atoms with van der Waals surface area (Å²) in [5.41, 5.74) is 10.3. The van der Waals surface area contributed by atoms with Gasteiger partial charge in [0.05, 0.1) is 0 Å². The molecule has 1 saturated heterocycles. The minimum atomic E-state index is 0.261. The van der Waals surface area contributed by atoms with Gasteiger partial charge in [-0.05, 0) is 64.4 Å². The molecule has 0 aliphatic carbocycles. The average molecular weight is 289 g/mol. The van der Waals surface area contributed by atoms with E-state index in [1.165, 1.54) is 42.7 Å². The van der Waals surface area contributed by atoms with Gasteiger partial charge in [0.25, 0.3) is 0 Å². The average Bonchev–Trinajstić information content (AvgIpc) is 2.47. The van der Waals surface area contributed by atoms with Crippen molar-refractivity contribution < 1.29 is 0 Å². The first-order valence-electron chi connectivity index (χ1n) is 8.27. The number of nitrogens with two attached hydrogens (primary N) is 1. The molecule has 2 rings (SSSR count). The summed E-state index contributed by atoms with van der Waals surface area (Å²) in [4.78, 5) is 4.91. The Morgan fingerprint density at radius 3 is 2.62 bits per heavy atom. The van der Waals surface area contributed by atoms with Crippen LogP contribution in [0, 0.1) is 6.92 Å². The van der Waals surface area contributed by atoms with Gasteiger partial charge in [0, 0.05) is 24.8 Å². The van der Waals surface area contributed by atoms with E-state index in [-0.39, 0.29) is 6.04 Å². The second-order valence-corrected chi connectivity index (χ2v) is 6.65. The van der Waals surface area contributed by atoms with Crippen LogP contribution in [0.25, 0.3) is 0 Å². The van der Waals surface area contributed by atoms with Crippen LogP contribution in [0.3, 0.4) is 0 Å². The highest BCUT2D eigenvalue weighted by atomic mass is 15.2. The quantitative estimate of drug-likeness (QED) is 0.904. The van der Waals surface area contributed by atoms with Crippen LogP contribution in [0.15, 0.2) is 18.2 Å². The van der Waals surface area contributed by atoms with Crippen LogP contribution in [-0.4, -0.2) is 44.2 Å². The van der Waals surface area contributed by atoms with Crippen LogP contribution in [0.4, 0.5) is 5.69 Å². The molecule has 1 aliphatic heterocycles. The first-order chi connectivity index (χ1) is 10.0. The van der Waals surface area contributed by atoms with Gasteiger partial charge in [-0.1, -0.05) is 24.6 Å². The largest absolute Gasteiger partial charge is 0.371 e. The fraction of sp³-hybridized carbons (Fsp3) is 0.667. The van der Waals surface area contributed by atoms with Gasteiger partial charge in [-0.25, -0.2) is 0 Å². The van der Waals surface area contributed by atoms with Crippen molar-refractivity contribution in [3.63, 3.8) is 0 Å². The minimum Gasteiger partial charge on any atom is -0.371 e. The molecule has 0 saturated carbocycles. The van der Waals surface area contributed by atoms with Crippen LogP contribution < -0.4 is 10.6 Å². The number of rotatable bonds is 5. The number of hydrogen-bond donors (Lipinski definition) is 1. The molecular weight excluding hydrogens is 258 g/mol. The molecule has 1 fully saturated rings. The molecule has 1 heterocycles. The Balaban J connectivity index is 2.17. The summed E-state index contributed by atoms with van der Waals surface area (Å²) in [6.45, 7) is 6.73. The molecule has 1 aromatic rings. The molecule has 0 aromatic heterocycles. The second kappa shape index (κ2) is 7.28. The number of aryl methyl sites for hydroxylation is 1. The highest BCUT2D eigenvalue weighted by Crippen LogP contribution is 2.27. The lowest BCUT2D eigenvalue weighted by atomic mass is 9.97. The maximum Gasteiger partial charge on any atom is 0.0399 e. The monoisotopic (exact) mass is 289 g/mol. The molecule has 3 heteroatoms. The van der Waals surface area contributed by atoms with E-state index in [9.17, 15) is 0 Å². The van der Waals surface area contributed by atoms with Gasteiger partial charge in [-0.2, -0.15) is 0 Å². The molecule has 3 nitrogen and oxygen atoms in total. The Morgan fingerprint density at radius 1 is 1.33 bits per heavy atom. The highest BCUT2D eigenvalue weighted by molar-refractivity contribution is 5.55. The summed E-state index contributed by atoms with van der Waals surface area (Å²) in [5.74, 6) is 0. The summed E-state index contributed by atoms with van der Waals surface area (Å²) in [7, 11) is 4.47. The summed E-state index contributed by atoms with van der Waals surface area (Å²) >= 11 is 0. The van der Waals surface area contributed by atoms with Gasteiger partial charge in [-0.15, -0.1) is 0 Å². The standard InChI is InChI=1S/C18H31N3/c1-5-16(19)13-15-12-14(2)6-7-18(15)21(4)17-8-10-20(3)11-9-17/h6-7,12,16-17H,5,8-11,13,19H2,1-4H3. The Morgan fingerprint density at radius 2 is 2.00 bits per heavy atom. The number of piperidine rings is 1. The molecule has 1 atom stereocenters. The molecule has 21 heavy (non-hydrogen) atoms. The molecule has 2 N–H and O–H groups in total. The number of likely N-dealkylation sites (tertiary alicyclic amines) is 1. The molecule has 1 unspecified atom stereocenters. The normalized spacial score (nSPS) is 18.7. The topological polar surface area (TPSA) is 32.5 Å². The number of benzene rings is 1. The molecular formula is C18H31N3. The van der Waals surface area contributed by atoms with E-state index in [0.29, 0.717) is 6.04 Å². The zero-order valence-corrected chi connectivity index (χ0v) is 14.1. The minimum absolute atomic E-state index is 0.261. The van der Waals surface area contributed by atoms with Crippen LogP contribution in [0.2, 0.25) is 0 Å². The Kier molecular flexibility index (Phi) is 5.65. The van der Waals surface area contributed by atoms with E-state index in [1.807, 2.05) is 0 Å². The molecule has 0 spiro atoms. The maximum atomic E-state index is 6.20. The van der Waals surface area contributed by atoms with Crippen molar-refractivity contribution in [1.29, 1.82) is 0 Å². The molecule has 118 valence electrons. The third kappa shape index (κ3) is 4.21. The van der Waals surface area contributed by atoms with Crippen LogP contribution >= 0.6 is 0 Å². The van der Waals surface area contributed by atoms with Crippen LogP contribution in [-0.2, 0) is 6.42 Å². The van der Waals surface area contributed by atoms with Crippen LogP contribution in [0.1, 0.15) is 37.3 Å². The summed E-state index contributed by atoms with van der Waals surface area (Å²) in [5, 5.41) is 0. The van der Waals surface area contributed by atoms with Crippen molar-refractivity contribution in [3.8, 4) is 0 Å². The lowest BCUT2D eigenvalue weighted by Crippen LogP contribution is -2.42. The molecule has 0 radical (unpaired) electrons. The van der Waals surface area contributed by atoms with E-state index < -0.39 is 0 Å². The maximum absolute atomic E-state index is 6.20. The third-order valence-corrected chi connectivity index (χ3v) is 4.86. The predicted octanol–water partition coefficient (Wildman–Crippen LogP) is 2.81. The van der Waals surface area contributed by atoms with Crippen LogP contribution in [0.5, 0.6) is 0 Å². The van der Waals surface area contributed by atoms with Crippen molar-refractivity contribution in [2.24, 2.45) is 5.73 Å². The van der Waals surface area contributed by atoms with E-state index in [0.717, 1.165) is 12.8 Å². The SMILES string of the molecule is CCC(N)Cc1cc(C)ccc1N(C)C1CCN(C)CC1. The van der Waals surface area contributed by atoms with E-state index >= 15 is 0 Å². The van der Waals surface area contributed by atoms with E-state index in [2.05, 4.69) is 55.9 Å². The Labute approximate surface area is 130 Å². The smallest absolute Gasteiger partial charge is 0.0399 e. The number of hydrogen-bond acceptors (Lipinski definition) is 3. The first-order valence-corrected chi connectivity index (χ1v) is 8.27.